The van der Waals surface area contributed by atoms with E-state index in [1.807, 2.05) is 20.8 Å². The van der Waals surface area contributed by atoms with Gasteiger partial charge in [0.15, 0.2) is 0 Å². The van der Waals surface area contributed by atoms with Crippen LogP contribution in [0.25, 0.3) is 0 Å². The SMILES string of the molecule is CCOC(C)(C)C(N)c1ccc(CC)cc1. The maximum atomic E-state index is 6.23. The molecule has 0 fully saturated rings. The fourth-order valence-corrected chi connectivity index (χ4v) is 1.82. The Balaban J connectivity index is 2.83. The summed E-state index contributed by atoms with van der Waals surface area (Å²) in [6.07, 6.45) is 1.06. The molecule has 0 aliphatic rings. The summed E-state index contributed by atoms with van der Waals surface area (Å²) in [7, 11) is 0. The van der Waals surface area contributed by atoms with Gasteiger partial charge in [0.1, 0.15) is 0 Å². The van der Waals surface area contributed by atoms with E-state index < -0.39 is 0 Å². The lowest BCUT2D eigenvalue weighted by molar-refractivity contribution is -0.0298. The summed E-state index contributed by atoms with van der Waals surface area (Å²) < 4.78 is 5.68. The molecule has 0 aromatic heterocycles. The van der Waals surface area contributed by atoms with Gasteiger partial charge in [0, 0.05) is 6.61 Å². The van der Waals surface area contributed by atoms with Crippen molar-refractivity contribution < 1.29 is 4.74 Å². The molecule has 1 atom stereocenters. The van der Waals surface area contributed by atoms with Crippen LogP contribution in [0, 0.1) is 0 Å². The lowest BCUT2D eigenvalue weighted by atomic mass is 9.92. The van der Waals surface area contributed by atoms with Crippen LogP contribution in [0.3, 0.4) is 0 Å². The first kappa shape index (κ1) is 13.2. The number of nitrogens with two attached hydrogens (primary N) is 1. The standard InChI is InChI=1S/C14H23NO/c1-5-11-7-9-12(10-8-11)13(15)14(3,4)16-6-2/h7-10,13H,5-6,15H2,1-4H3. The van der Waals surface area contributed by atoms with Crippen LogP contribution in [0.2, 0.25) is 0 Å². The first-order valence-corrected chi connectivity index (χ1v) is 5.99. The summed E-state index contributed by atoms with van der Waals surface area (Å²) in [5.41, 5.74) is 8.38. The monoisotopic (exact) mass is 221 g/mol. The first-order chi connectivity index (χ1) is 7.51. The molecule has 16 heavy (non-hydrogen) atoms. The van der Waals surface area contributed by atoms with Gasteiger partial charge in [-0.15, -0.1) is 0 Å². The largest absolute Gasteiger partial charge is 0.374 e. The van der Waals surface area contributed by atoms with E-state index in [4.69, 9.17) is 10.5 Å². The van der Waals surface area contributed by atoms with Crippen molar-refractivity contribution in [2.45, 2.75) is 45.8 Å². The molecule has 0 heterocycles. The molecule has 0 radical (unpaired) electrons. The summed E-state index contributed by atoms with van der Waals surface area (Å²) >= 11 is 0. The van der Waals surface area contributed by atoms with Crippen LogP contribution < -0.4 is 5.73 Å². The highest BCUT2D eigenvalue weighted by Crippen LogP contribution is 2.26. The van der Waals surface area contributed by atoms with E-state index in [2.05, 4.69) is 31.2 Å². The number of benzene rings is 1. The van der Waals surface area contributed by atoms with Crippen LogP contribution in [0.15, 0.2) is 24.3 Å². The molecule has 2 nitrogen and oxygen atoms in total. The molecular weight excluding hydrogens is 198 g/mol. The average molecular weight is 221 g/mol. The third-order valence-electron chi connectivity index (χ3n) is 3.01. The van der Waals surface area contributed by atoms with Gasteiger partial charge < -0.3 is 10.5 Å². The van der Waals surface area contributed by atoms with Gasteiger partial charge in [-0.05, 0) is 38.3 Å². The van der Waals surface area contributed by atoms with Crippen molar-refractivity contribution in [2.75, 3.05) is 6.61 Å². The summed E-state index contributed by atoms with van der Waals surface area (Å²) in [6.45, 7) is 8.91. The average Bonchev–Trinajstić information content (AvgIpc) is 2.28. The molecule has 0 saturated carbocycles. The van der Waals surface area contributed by atoms with E-state index in [0.717, 1.165) is 12.0 Å². The van der Waals surface area contributed by atoms with Gasteiger partial charge in [0.2, 0.25) is 0 Å². The lowest BCUT2D eigenvalue weighted by Crippen LogP contribution is -2.38. The van der Waals surface area contributed by atoms with Gasteiger partial charge in [-0.3, -0.25) is 0 Å². The molecule has 1 aromatic carbocycles. The highest BCUT2D eigenvalue weighted by atomic mass is 16.5. The van der Waals surface area contributed by atoms with Gasteiger partial charge in [-0.25, -0.2) is 0 Å². The molecule has 0 aliphatic heterocycles. The molecule has 1 rings (SSSR count). The highest BCUT2D eigenvalue weighted by molar-refractivity contribution is 5.26. The minimum atomic E-state index is -0.317. The number of hydrogen-bond acceptors (Lipinski definition) is 2. The zero-order valence-electron chi connectivity index (χ0n) is 10.8. The zero-order chi connectivity index (χ0) is 12.2. The predicted molar refractivity (Wildman–Crippen MR) is 68.5 cm³/mol. The van der Waals surface area contributed by atoms with Crippen LogP contribution in [0.5, 0.6) is 0 Å². The molecule has 0 saturated heterocycles. The second kappa shape index (κ2) is 5.46. The van der Waals surface area contributed by atoms with Crippen LogP contribution >= 0.6 is 0 Å². The molecule has 0 aliphatic carbocycles. The van der Waals surface area contributed by atoms with Gasteiger partial charge in [-0.2, -0.15) is 0 Å². The Labute approximate surface area is 98.8 Å². The van der Waals surface area contributed by atoms with E-state index in [-0.39, 0.29) is 11.6 Å². The minimum Gasteiger partial charge on any atom is -0.374 e. The van der Waals surface area contributed by atoms with Crippen molar-refractivity contribution in [1.29, 1.82) is 0 Å². The van der Waals surface area contributed by atoms with Crippen molar-refractivity contribution in [3.8, 4) is 0 Å². The summed E-state index contributed by atoms with van der Waals surface area (Å²) in [5.74, 6) is 0. The second-order valence-electron chi connectivity index (χ2n) is 4.61. The second-order valence-corrected chi connectivity index (χ2v) is 4.61. The van der Waals surface area contributed by atoms with E-state index in [0.29, 0.717) is 6.61 Å². The van der Waals surface area contributed by atoms with Crippen LogP contribution in [-0.4, -0.2) is 12.2 Å². The number of rotatable bonds is 5. The molecule has 0 amide bonds. The Morgan fingerprint density at radius 2 is 1.75 bits per heavy atom. The normalized spacial score (nSPS) is 13.8. The zero-order valence-corrected chi connectivity index (χ0v) is 10.8. The molecular formula is C14H23NO. The van der Waals surface area contributed by atoms with Crippen molar-refractivity contribution in [3.05, 3.63) is 35.4 Å². The van der Waals surface area contributed by atoms with Gasteiger partial charge in [0.25, 0.3) is 0 Å². The smallest absolute Gasteiger partial charge is 0.0818 e. The minimum absolute atomic E-state index is 0.0849. The maximum absolute atomic E-state index is 6.23. The predicted octanol–water partition coefficient (Wildman–Crippen LogP) is 3.06. The summed E-state index contributed by atoms with van der Waals surface area (Å²) in [5, 5.41) is 0. The fourth-order valence-electron chi connectivity index (χ4n) is 1.82. The third-order valence-corrected chi connectivity index (χ3v) is 3.01. The Bertz CT molecular complexity index is 316. The van der Waals surface area contributed by atoms with Crippen molar-refractivity contribution in [2.24, 2.45) is 5.73 Å². The van der Waals surface area contributed by atoms with Gasteiger partial charge in [-0.1, -0.05) is 31.2 Å². The Morgan fingerprint density at radius 3 is 2.19 bits per heavy atom. The van der Waals surface area contributed by atoms with Crippen LogP contribution in [0.1, 0.15) is 44.9 Å². The molecule has 1 aromatic rings. The summed E-state index contributed by atoms with van der Waals surface area (Å²) in [4.78, 5) is 0. The van der Waals surface area contributed by atoms with Gasteiger partial charge in [0.05, 0.1) is 11.6 Å². The fraction of sp³-hybridized carbons (Fsp3) is 0.571. The number of ether oxygens (including phenoxy) is 1. The maximum Gasteiger partial charge on any atom is 0.0818 e. The van der Waals surface area contributed by atoms with Gasteiger partial charge >= 0.3 is 0 Å². The van der Waals surface area contributed by atoms with E-state index >= 15 is 0 Å². The molecule has 0 spiro atoms. The summed E-state index contributed by atoms with van der Waals surface area (Å²) in [6, 6.07) is 8.39. The van der Waals surface area contributed by atoms with Crippen molar-refractivity contribution in [1.82, 2.24) is 0 Å². The number of hydrogen-bond donors (Lipinski definition) is 1. The molecule has 2 heteroatoms. The number of aryl methyl sites for hydroxylation is 1. The first-order valence-electron chi connectivity index (χ1n) is 5.99. The highest BCUT2D eigenvalue weighted by Gasteiger charge is 2.27. The Kier molecular flexibility index (Phi) is 4.51. The lowest BCUT2D eigenvalue weighted by Gasteiger charge is -2.31. The Hall–Kier alpha value is -0.860. The Morgan fingerprint density at radius 1 is 1.19 bits per heavy atom. The molecule has 90 valence electrons. The van der Waals surface area contributed by atoms with E-state index in [1.165, 1.54) is 5.56 Å². The molecule has 2 N–H and O–H groups in total. The third kappa shape index (κ3) is 3.06. The van der Waals surface area contributed by atoms with Crippen molar-refractivity contribution >= 4 is 0 Å². The quantitative estimate of drug-likeness (QED) is 0.829. The van der Waals surface area contributed by atoms with Crippen LogP contribution in [0.4, 0.5) is 0 Å². The van der Waals surface area contributed by atoms with E-state index in [9.17, 15) is 0 Å². The molecule has 1 unspecified atom stereocenters. The van der Waals surface area contributed by atoms with E-state index in [1.54, 1.807) is 0 Å². The topological polar surface area (TPSA) is 35.2 Å². The molecule has 0 bridgehead atoms. The van der Waals surface area contributed by atoms with Crippen molar-refractivity contribution in [3.63, 3.8) is 0 Å². The van der Waals surface area contributed by atoms with Crippen LogP contribution in [-0.2, 0) is 11.2 Å².